The highest BCUT2D eigenvalue weighted by molar-refractivity contribution is 5.47. The predicted molar refractivity (Wildman–Crippen MR) is 76.1 cm³/mol. The lowest BCUT2D eigenvalue weighted by molar-refractivity contribution is 0.328. The number of hydrogen-bond donors (Lipinski definition) is 2. The zero-order chi connectivity index (χ0) is 12.6. The van der Waals surface area contributed by atoms with E-state index in [0.717, 1.165) is 5.75 Å². The van der Waals surface area contributed by atoms with Gasteiger partial charge in [0, 0.05) is 18.3 Å². The van der Waals surface area contributed by atoms with Crippen LogP contribution in [0.1, 0.15) is 38.5 Å². The van der Waals surface area contributed by atoms with Gasteiger partial charge >= 0.3 is 0 Å². The summed E-state index contributed by atoms with van der Waals surface area (Å²) in [6.45, 7) is 1.14. The van der Waals surface area contributed by atoms with Crippen LogP contribution in [0.3, 0.4) is 0 Å². The van der Waals surface area contributed by atoms with Gasteiger partial charge in [0.15, 0.2) is 0 Å². The Morgan fingerprint density at radius 3 is 2.33 bits per heavy atom. The predicted octanol–water partition coefficient (Wildman–Crippen LogP) is 3.16. The Hall–Kier alpha value is -1.22. The van der Waals surface area contributed by atoms with E-state index in [1.165, 1.54) is 44.2 Å². The summed E-state index contributed by atoms with van der Waals surface area (Å²) in [5.74, 6) is 0.895. The van der Waals surface area contributed by atoms with Crippen LogP contribution < -0.4 is 15.8 Å². The first-order chi connectivity index (χ1) is 8.88. The van der Waals surface area contributed by atoms with E-state index in [1.54, 1.807) is 0 Å². The highest BCUT2D eigenvalue weighted by Gasteiger charge is 2.11. The molecule has 1 aliphatic rings. The lowest BCUT2D eigenvalue weighted by Gasteiger charge is -2.17. The third kappa shape index (κ3) is 4.22. The van der Waals surface area contributed by atoms with Gasteiger partial charge < -0.3 is 15.8 Å². The van der Waals surface area contributed by atoms with Gasteiger partial charge in [-0.2, -0.15) is 0 Å². The number of anilines is 1. The zero-order valence-corrected chi connectivity index (χ0v) is 11.0. The Balaban J connectivity index is 1.84. The minimum absolute atomic E-state index is 0.558. The second kappa shape index (κ2) is 7.27. The molecule has 3 N–H and O–H groups in total. The molecule has 1 fully saturated rings. The molecule has 1 saturated carbocycles. The highest BCUT2D eigenvalue weighted by Crippen LogP contribution is 2.22. The molecule has 0 aliphatic heterocycles. The topological polar surface area (TPSA) is 47.3 Å². The van der Waals surface area contributed by atoms with Crippen LogP contribution in [0.15, 0.2) is 24.3 Å². The molecule has 3 nitrogen and oxygen atoms in total. The van der Waals surface area contributed by atoms with Gasteiger partial charge in [-0.3, -0.25) is 0 Å². The second-order valence-corrected chi connectivity index (χ2v) is 4.99. The maximum atomic E-state index is 5.47. The van der Waals surface area contributed by atoms with Gasteiger partial charge in [-0.15, -0.1) is 0 Å². The monoisotopic (exact) mass is 248 g/mol. The molecule has 0 unspecified atom stereocenters. The maximum absolute atomic E-state index is 5.47. The van der Waals surface area contributed by atoms with Gasteiger partial charge in [-0.1, -0.05) is 25.7 Å². The summed E-state index contributed by atoms with van der Waals surface area (Å²) in [4.78, 5) is 0. The molecule has 0 bridgehead atoms. The Morgan fingerprint density at radius 1 is 1.06 bits per heavy atom. The quantitative estimate of drug-likeness (QED) is 0.787. The van der Waals surface area contributed by atoms with E-state index in [2.05, 4.69) is 17.4 Å². The van der Waals surface area contributed by atoms with Gasteiger partial charge in [-0.25, -0.2) is 0 Å². The number of benzene rings is 1. The molecule has 100 valence electrons. The molecule has 0 saturated heterocycles. The molecule has 0 heterocycles. The average molecular weight is 248 g/mol. The summed E-state index contributed by atoms with van der Waals surface area (Å²) >= 11 is 0. The summed E-state index contributed by atoms with van der Waals surface area (Å²) in [5, 5.41) is 3.62. The fraction of sp³-hybridized carbons (Fsp3) is 0.600. The minimum Gasteiger partial charge on any atom is -0.492 e. The van der Waals surface area contributed by atoms with Crippen LogP contribution >= 0.6 is 0 Å². The van der Waals surface area contributed by atoms with Crippen molar-refractivity contribution in [2.24, 2.45) is 5.73 Å². The molecule has 0 radical (unpaired) electrons. The van der Waals surface area contributed by atoms with E-state index in [-0.39, 0.29) is 0 Å². The van der Waals surface area contributed by atoms with E-state index in [0.29, 0.717) is 19.2 Å². The maximum Gasteiger partial charge on any atom is 0.119 e. The molecular formula is C15H24N2O. The van der Waals surface area contributed by atoms with Crippen molar-refractivity contribution in [2.45, 2.75) is 44.6 Å². The summed E-state index contributed by atoms with van der Waals surface area (Å²) in [5.41, 5.74) is 6.60. The Bertz CT molecular complexity index is 329. The van der Waals surface area contributed by atoms with Crippen molar-refractivity contribution in [3.8, 4) is 5.75 Å². The summed E-state index contributed by atoms with van der Waals surface area (Å²) in [6, 6.07) is 8.85. The molecule has 3 heteroatoms. The molecule has 18 heavy (non-hydrogen) atoms. The Morgan fingerprint density at radius 2 is 1.72 bits per heavy atom. The summed E-state index contributed by atoms with van der Waals surface area (Å²) in [6.07, 6.45) is 8.09. The van der Waals surface area contributed by atoms with Gasteiger partial charge in [0.25, 0.3) is 0 Å². The normalized spacial score (nSPS) is 17.2. The lowest BCUT2D eigenvalue weighted by Crippen LogP contribution is -2.18. The van der Waals surface area contributed by atoms with E-state index in [9.17, 15) is 0 Å². The summed E-state index contributed by atoms with van der Waals surface area (Å²) in [7, 11) is 0. The first-order valence-electron chi connectivity index (χ1n) is 7.08. The molecule has 0 amide bonds. The number of nitrogens with one attached hydrogen (secondary N) is 1. The molecule has 1 aromatic rings. The first-order valence-corrected chi connectivity index (χ1v) is 7.08. The fourth-order valence-electron chi connectivity index (χ4n) is 2.48. The second-order valence-electron chi connectivity index (χ2n) is 4.99. The number of ether oxygens (including phenoxy) is 1. The molecule has 0 atom stereocenters. The van der Waals surface area contributed by atoms with Gasteiger partial charge in [0.2, 0.25) is 0 Å². The molecule has 0 aromatic heterocycles. The van der Waals surface area contributed by atoms with Crippen molar-refractivity contribution in [2.75, 3.05) is 18.5 Å². The van der Waals surface area contributed by atoms with Crippen molar-refractivity contribution in [3.63, 3.8) is 0 Å². The van der Waals surface area contributed by atoms with Crippen LogP contribution in [0, 0.1) is 0 Å². The Labute approximate surface area is 110 Å². The first kappa shape index (κ1) is 13.2. The van der Waals surface area contributed by atoms with E-state index in [1.807, 2.05) is 12.1 Å². The smallest absolute Gasteiger partial charge is 0.119 e. The van der Waals surface area contributed by atoms with Crippen LogP contribution in [-0.2, 0) is 0 Å². The van der Waals surface area contributed by atoms with Crippen molar-refractivity contribution < 1.29 is 4.74 Å². The Kier molecular flexibility index (Phi) is 5.34. The van der Waals surface area contributed by atoms with Crippen LogP contribution in [0.4, 0.5) is 5.69 Å². The molecular weight excluding hydrogens is 224 g/mol. The van der Waals surface area contributed by atoms with Gasteiger partial charge in [-0.05, 0) is 37.1 Å². The molecule has 1 aliphatic carbocycles. The minimum atomic E-state index is 0.558. The average Bonchev–Trinajstić information content (AvgIpc) is 2.67. The molecule has 0 spiro atoms. The largest absolute Gasteiger partial charge is 0.492 e. The lowest BCUT2D eigenvalue weighted by atomic mass is 10.1. The van der Waals surface area contributed by atoms with Gasteiger partial charge in [0.05, 0.1) is 0 Å². The van der Waals surface area contributed by atoms with Crippen molar-refractivity contribution >= 4 is 5.69 Å². The van der Waals surface area contributed by atoms with Crippen molar-refractivity contribution in [3.05, 3.63) is 24.3 Å². The van der Waals surface area contributed by atoms with Crippen LogP contribution in [-0.4, -0.2) is 19.2 Å². The third-order valence-electron chi connectivity index (χ3n) is 3.47. The highest BCUT2D eigenvalue weighted by atomic mass is 16.5. The van der Waals surface area contributed by atoms with Crippen LogP contribution in [0.5, 0.6) is 5.75 Å². The molecule has 2 rings (SSSR count). The fourth-order valence-corrected chi connectivity index (χ4v) is 2.48. The standard InChI is InChI=1S/C15H24N2O/c16-11-12-18-15-9-7-14(8-10-15)17-13-5-3-1-2-4-6-13/h7-10,13,17H,1-6,11-12,16H2. The van der Waals surface area contributed by atoms with Crippen molar-refractivity contribution in [1.82, 2.24) is 0 Å². The zero-order valence-electron chi connectivity index (χ0n) is 11.0. The third-order valence-corrected chi connectivity index (χ3v) is 3.47. The molecule has 1 aromatic carbocycles. The van der Waals surface area contributed by atoms with Crippen LogP contribution in [0.2, 0.25) is 0 Å². The van der Waals surface area contributed by atoms with Gasteiger partial charge in [0.1, 0.15) is 12.4 Å². The van der Waals surface area contributed by atoms with E-state index < -0.39 is 0 Å². The number of nitrogens with two attached hydrogens (primary N) is 1. The number of rotatable bonds is 5. The van der Waals surface area contributed by atoms with E-state index in [4.69, 9.17) is 10.5 Å². The summed E-state index contributed by atoms with van der Waals surface area (Å²) < 4.78 is 5.47. The van der Waals surface area contributed by atoms with Crippen molar-refractivity contribution in [1.29, 1.82) is 0 Å². The number of hydrogen-bond acceptors (Lipinski definition) is 3. The van der Waals surface area contributed by atoms with E-state index >= 15 is 0 Å². The van der Waals surface area contributed by atoms with Crippen LogP contribution in [0.25, 0.3) is 0 Å². The SMILES string of the molecule is NCCOc1ccc(NC2CCCCCC2)cc1.